The van der Waals surface area contributed by atoms with Crippen molar-refractivity contribution in [2.75, 3.05) is 0 Å². The number of hydrogen-bond donors (Lipinski definition) is 0. The van der Waals surface area contributed by atoms with Crippen molar-refractivity contribution in [2.24, 2.45) is 23.7 Å². The third-order valence-corrected chi connectivity index (χ3v) is 12.6. The van der Waals surface area contributed by atoms with Gasteiger partial charge in [0.05, 0.1) is 0 Å². The highest BCUT2D eigenvalue weighted by molar-refractivity contribution is 8.02. The Morgan fingerprint density at radius 1 is 0.419 bits per heavy atom. The molecule has 0 amide bonds. The molecule has 4 rings (SSSR count). The molecule has 31 heavy (non-hydrogen) atoms. The van der Waals surface area contributed by atoms with Crippen LogP contribution in [-0.4, -0.2) is 9.49 Å². The Morgan fingerprint density at radius 3 is 1.10 bits per heavy atom. The van der Waals surface area contributed by atoms with Crippen molar-refractivity contribution in [1.29, 1.82) is 0 Å². The van der Waals surface area contributed by atoms with Gasteiger partial charge in [0.25, 0.3) is 0 Å². The van der Waals surface area contributed by atoms with Gasteiger partial charge in [-0.25, -0.2) is 0 Å². The molecule has 4 atom stereocenters. The fourth-order valence-corrected chi connectivity index (χ4v) is 11.5. The predicted molar refractivity (Wildman–Crippen MR) is 140 cm³/mol. The van der Waals surface area contributed by atoms with Gasteiger partial charge in [-0.05, 0) is 62.2 Å². The van der Waals surface area contributed by atoms with Gasteiger partial charge in [-0.1, -0.05) is 117 Å². The SMILES string of the molecule is CC1CCCCC1C1(SC2(C3CCCCC3C)CCCCCCC2)CCCCCCC1. The van der Waals surface area contributed by atoms with Gasteiger partial charge in [-0.15, -0.1) is 11.8 Å². The Morgan fingerprint density at radius 2 is 0.742 bits per heavy atom. The molecule has 0 heterocycles. The summed E-state index contributed by atoms with van der Waals surface area (Å²) in [6, 6.07) is 0. The van der Waals surface area contributed by atoms with Crippen molar-refractivity contribution in [3.63, 3.8) is 0 Å². The average molecular weight is 447 g/mol. The fraction of sp³-hybridized carbons (Fsp3) is 1.00. The van der Waals surface area contributed by atoms with Gasteiger partial charge in [0, 0.05) is 9.49 Å². The number of hydrogen-bond acceptors (Lipinski definition) is 1. The Kier molecular flexibility index (Phi) is 9.21. The van der Waals surface area contributed by atoms with Gasteiger partial charge in [0.1, 0.15) is 0 Å². The average Bonchev–Trinajstić information content (AvgIpc) is 2.73. The second-order valence-electron chi connectivity index (χ2n) is 12.5. The fourth-order valence-electron chi connectivity index (χ4n) is 8.71. The first-order chi connectivity index (χ1) is 15.2. The Labute approximate surface area is 199 Å². The van der Waals surface area contributed by atoms with Crippen molar-refractivity contribution in [2.45, 2.75) is 165 Å². The lowest BCUT2D eigenvalue weighted by Crippen LogP contribution is -2.49. The number of rotatable bonds is 4. The first-order valence-corrected chi connectivity index (χ1v) is 15.7. The normalized spacial score (nSPS) is 37.7. The molecule has 1 heteroatoms. The quantitative estimate of drug-likeness (QED) is 0.414. The van der Waals surface area contributed by atoms with E-state index in [2.05, 4.69) is 25.6 Å². The van der Waals surface area contributed by atoms with Crippen LogP contribution in [-0.2, 0) is 0 Å². The van der Waals surface area contributed by atoms with E-state index in [1.165, 1.54) is 103 Å². The molecule has 0 radical (unpaired) electrons. The van der Waals surface area contributed by atoms with E-state index >= 15 is 0 Å². The molecule has 0 aromatic carbocycles. The molecule has 4 aliphatic carbocycles. The molecule has 0 spiro atoms. The summed E-state index contributed by atoms with van der Waals surface area (Å²) in [5.41, 5.74) is 0. The van der Waals surface area contributed by atoms with E-state index in [4.69, 9.17) is 0 Å². The second kappa shape index (κ2) is 11.7. The Hall–Kier alpha value is 0.350. The molecule has 0 nitrogen and oxygen atoms in total. The van der Waals surface area contributed by atoms with Gasteiger partial charge >= 0.3 is 0 Å². The molecule has 0 aromatic rings. The molecular weight excluding hydrogens is 392 g/mol. The molecular formula is C30H54S. The van der Waals surface area contributed by atoms with Crippen LogP contribution in [0.1, 0.15) is 155 Å². The summed E-state index contributed by atoms with van der Waals surface area (Å²) in [4.78, 5) is 0. The van der Waals surface area contributed by atoms with Gasteiger partial charge in [-0.3, -0.25) is 0 Å². The van der Waals surface area contributed by atoms with E-state index < -0.39 is 0 Å². The largest absolute Gasteiger partial charge is 0.148 e. The number of thioether (sulfide) groups is 1. The molecule has 0 aromatic heterocycles. The summed E-state index contributed by atoms with van der Waals surface area (Å²) in [7, 11) is 0. The molecule has 180 valence electrons. The standard InChI is InChI=1S/C30H54S/c1-25-17-9-11-19-27(25)29(21-13-5-3-6-14-22-29)31-30(23-15-7-4-8-16-24-30)28-20-12-10-18-26(28)2/h25-28H,3-24H2,1-2H3. The summed E-state index contributed by atoms with van der Waals surface area (Å²) in [6.45, 7) is 5.30. The maximum Gasteiger partial charge on any atom is 0.0196 e. The molecule has 0 N–H and O–H groups in total. The van der Waals surface area contributed by atoms with Gasteiger partial charge < -0.3 is 0 Å². The monoisotopic (exact) mass is 446 g/mol. The first-order valence-electron chi connectivity index (χ1n) is 14.9. The van der Waals surface area contributed by atoms with Crippen LogP contribution in [0.5, 0.6) is 0 Å². The summed E-state index contributed by atoms with van der Waals surface area (Å²) >= 11 is 2.70. The lowest BCUT2D eigenvalue weighted by molar-refractivity contribution is 0.153. The van der Waals surface area contributed by atoms with E-state index in [1.807, 2.05) is 0 Å². The zero-order valence-corrected chi connectivity index (χ0v) is 22.1. The molecule has 4 unspecified atom stereocenters. The highest BCUT2D eigenvalue weighted by atomic mass is 32.2. The van der Waals surface area contributed by atoms with Crippen molar-refractivity contribution in [3.05, 3.63) is 0 Å². The second-order valence-corrected chi connectivity index (χ2v) is 14.3. The minimum absolute atomic E-state index is 0.608. The van der Waals surface area contributed by atoms with Crippen LogP contribution in [0, 0.1) is 23.7 Å². The van der Waals surface area contributed by atoms with Crippen LogP contribution in [0.3, 0.4) is 0 Å². The molecule has 0 aliphatic heterocycles. The lowest BCUT2D eigenvalue weighted by atomic mass is 9.68. The Bertz CT molecular complexity index is 463. The molecule has 4 saturated carbocycles. The zero-order chi connectivity index (χ0) is 21.6. The van der Waals surface area contributed by atoms with Crippen molar-refractivity contribution < 1.29 is 0 Å². The van der Waals surface area contributed by atoms with Crippen molar-refractivity contribution >= 4 is 11.8 Å². The van der Waals surface area contributed by atoms with Crippen LogP contribution >= 0.6 is 11.8 Å². The van der Waals surface area contributed by atoms with Crippen molar-refractivity contribution in [1.82, 2.24) is 0 Å². The van der Waals surface area contributed by atoms with Crippen LogP contribution in [0.4, 0.5) is 0 Å². The van der Waals surface area contributed by atoms with E-state index in [0.29, 0.717) is 9.49 Å². The van der Waals surface area contributed by atoms with Crippen LogP contribution in [0.25, 0.3) is 0 Å². The molecule has 4 aliphatic rings. The summed E-state index contributed by atoms with van der Waals surface area (Å²) in [5, 5.41) is 0. The first kappa shape index (κ1) is 24.5. The Balaban J connectivity index is 1.68. The van der Waals surface area contributed by atoms with Gasteiger partial charge in [0.15, 0.2) is 0 Å². The maximum atomic E-state index is 2.70. The highest BCUT2D eigenvalue weighted by Gasteiger charge is 2.51. The maximum absolute atomic E-state index is 2.70. The predicted octanol–water partition coefficient (Wildman–Crippen LogP) is 10.3. The third kappa shape index (κ3) is 5.89. The smallest absolute Gasteiger partial charge is 0.0196 e. The topological polar surface area (TPSA) is 0 Å². The van der Waals surface area contributed by atoms with Crippen LogP contribution in [0.15, 0.2) is 0 Å². The molecule has 4 fully saturated rings. The highest BCUT2D eigenvalue weighted by Crippen LogP contribution is 2.61. The van der Waals surface area contributed by atoms with E-state index in [9.17, 15) is 0 Å². The van der Waals surface area contributed by atoms with E-state index in [1.54, 1.807) is 38.5 Å². The summed E-state index contributed by atoms with van der Waals surface area (Å²) < 4.78 is 1.22. The summed E-state index contributed by atoms with van der Waals surface area (Å²) in [5.74, 6) is 3.95. The lowest BCUT2D eigenvalue weighted by Gasteiger charge is -2.55. The van der Waals surface area contributed by atoms with Crippen molar-refractivity contribution in [3.8, 4) is 0 Å². The summed E-state index contributed by atoms with van der Waals surface area (Å²) in [6.07, 6.45) is 33.5. The minimum Gasteiger partial charge on any atom is -0.148 e. The van der Waals surface area contributed by atoms with E-state index in [-0.39, 0.29) is 0 Å². The van der Waals surface area contributed by atoms with Crippen LogP contribution in [0.2, 0.25) is 0 Å². The van der Waals surface area contributed by atoms with Gasteiger partial charge in [0.2, 0.25) is 0 Å². The van der Waals surface area contributed by atoms with Gasteiger partial charge in [-0.2, -0.15) is 0 Å². The third-order valence-electron chi connectivity index (χ3n) is 10.4. The molecule has 0 bridgehead atoms. The minimum atomic E-state index is 0.608. The molecule has 0 saturated heterocycles. The van der Waals surface area contributed by atoms with E-state index in [0.717, 1.165) is 23.7 Å². The zero-order valence-electron chi connectivity index (χ0n) is 21.3. The van der Waals surface area contributed by atoms with Crippen LogP contribution < -0.4 is 0 Å².